The van der Waals surface area contributed by atoms with E-state index >= 15 is 0 Å². The smallest absolute Gasteiger partial charge is 0.326 e. The van der Waals surface area contributed by atoms with E-state index in [-0.39, 0.29) is 11.6 Å². The Kier molecular flexibility index (Phi) is 6.60. The number of ether oxygens (including phenoxy) is 1. The lowest BCUT2D eigenvalue weighted by Crippen LogP contribution is -2.35. The summed E-state index contributed by atoms with van der Waals surface area (Å²) < 4.78 is 20.7. The Morgan fingerprint density at radius 1 is 1.22 bits per heavy atom. The van der Waals surface area contributed by atoms with Gasteiger partial charge in [-0.3, -0.25) is 4.90 Å². The molecule has 0 spiro atoms. The number of aromatic nitrogens is 3. The van der Waals surface area contributed by atoms with E-state index < -0.39 is 11.8 Å². The van der Waals surface area contributed by atoms with Crippen molar-refractivity contribution >= 4 is 29.0 Å². The van der Waals surface area contributed by atoms with Crippen LogP contribution >= 0.6 is 11.6 Å². The molecule has 0 aliphatic heterocycles. The van der Waals surface area contributed by atoms with Crippen LogP contribution in [-0.2, 0) is 13.6 Å². The van der Waals surface area contributed by atoms with Gasteiger partial charge in [0.1, 0.15) is 17.4 Å². The second kappa shape index (κ2) is 9.56. The molecule has 2 amide bonds. The second-order valence-corrected chi connectivity index (χ2v) is 8.27. The fourth-order valence-electron chi connectivity index (χ4n) is 4.00. The van der Waals surface area contributed by atoms with Crippen LogP contribution in [0.4, 0.5) is 20.6 Å². The zero-order valence-electron chi connectivity index (χ0n) is 18.0. The number of nitrogens with zero attached hydrogens (tertiary/aromatic N) is 4. The zero-order valence-corrected chi connectivity index (χ0v) is 18.8. The van der Waals surface area contributed by atoms with Gasteiger partial charge in [0.15, 0.2) is 5.82 Å². The van der Waals surface area contributed by atoms with Gasteiger partial charge in [-0.25, -0.2) is 9.18 Å². The van der Waals surface area contributed by atoms with E-state index in [9.17, 15) is 9.18 Å². The summed E-state index contributed by atoms with van der Waals surface area (Å²) in [5.41, 5.74) is 1.05. The van der Waals surface area contributed by atoms with Crippen molar-refractivity contribution in [3.8, 4) is 5.75 Å². The number of benzene rings is 2. The van der Waals surface area contributed by atoms with Crippen molar-refractivity contribution in [3.63, 3.8) is 0 Å². The SMILES string of the molecule is COc1ccc(N(Cc2nnc(C3CCCC3)n2C)C(=O)Nc2ccc(F)c(Cl)c2)cc1. The first kappa shape index (κ1) is 22.1. The fraction of sp³-hybridized carbons (Fsp3) is 0.348. The number of nitrogens with one attached hydrogen (secondary N) is 1. The minimum Gasteiger partial charge on any atom is -0.497 e. The molecule has 1 fully saturated rings. The van der Waals surface area contributed by atoms with E-state index in [1.54, 1.807) is 36.3 Å². The summed E-state index contributed by atoms with van der Waals surface area (Å²) in [6, 6.07) is 10.8. The van der Waals surface area contributed by atoms with Crippen LogP contribution in [0.25, 0.3) is 0 Å². The molecule has 3 aromatic rings. The van der Waals surface area contributed by atoms with Crippen molar-refractivity contribution < 1.29 is 13.9 Å². The molecule has 0 radical (unpaired) electrons. The standard InChI is InChI=1S/C23H25ClFN5O2/c1-29-21(27-28-22(29)15-5-3-4-6-15)14-30(17-8-10-18(32-2)11-9-17)23(31)26-16-7-12-20(25)19(24)13-16/h7-13,15H,3-6,14H2,1-2H3,(H,26,31). The maximum Gasteiger partial charge on any atom is 0.326 e. The fourth-order valence-corrected chi connectivity index (χ4v) is 4.18. The lowest BCUT2D eigenvalue weighted by Gasteiger charge is -2.23. The first-order valence-electron chi connectivity index (χ1n) is 10.5. The number of hydrogen-bond acceptors (Lipinski definition) is 4. The third-order valence-corrected chi connectivity index (χ3v) is 6.11. The highest BCUT2D eigenvalue weighted by atomic mass is 35.5. The molecule has 0 unspecified atom stereocenters. The van der Waals surface area contributed by atoms with Crippen LogP contribution in [0.1, 0.15) is 43.3 Å². The van der Waals surface area contributed by atoms with Gasteiger partial charge in [0.2, 0.25) is 0 Å². The van der Waals surface area contributed by atoms with E-state index in [0.717, 1.165) is 18.7 Å². The quantitative estimate of drug-likeness (QED) is 0.529. The monoisotopic (exact) mass is 457 g/mol. The number of amides is 2. The van der Waals surface area contributed by atoms with Gasteiger partial charge in [-0.05, 0) is 55.3 Å². The molecule has 1 aliphatic carbocycles. The first-order chi connectivity index (χ1) is 15.5. The molecular formula is C23H25ClFN5O2. The molecule has 9 heteroatoms. The van der Waals surface area contributed by atoms with Crippen LogP contribution in [0.5, 0.6) is 5.75 Å². The molecule has 0 atom stereocenters. The van der Waals surface area contributed by atoms with Gasteiger partial charge in [-0.15, -0.1) is 10.2 Å². The van der Waals surface area contributed by atoms with Crippen molar-refractivity contribution in [2.24, 2.45) is 7.05 Å². The minimum atomic E-state index is -0.546. The lowest BCUT2D eigenvalue weighted by molar-refractivity contribution is 0.256. The van der Waals surface area contributed by atoms with E-state index in [1.165, 1.54) is 31.0 Å². The van der Waals surface area contributed by atoms with Crippen LogP contribution in [0.2, 0.25) is 5.02 Å². The Morgan fingerprint density at radius 3 is 2.59 bits per heavy atom. The van der Waals surface area contributed by atoms with E-state index in [2.05, 4.69) is 15.5 Å². The summed E-state index contributed by atoms with van der Waals surface area (Å²) >= 11 is 5.87. The molecule has 0 bridgehead atoms. The largest absolute Gasteiger partial charge is 0.497 e. The summed E-state index contributed by atoms with van der Waals surface area (Å²) in [5, 5.41) is 11.5. The Bertz CT molecular complexity index is 1100. The molecule has 1 saturated carbocycles. The maximum atomic E-state index is 13.5. The van der Waals surface area contributed by atoms with Gasteiger partial charge in [-0.2, -0.15) is 0 Å². The summed E-state index contributed by atoms with van der Waals surface area (Å²) in [7, 11) is 3.52. The van der Waals surface area contributed by atoms with Crippen LogP contribution in [0.15, 0.2) is 42.5 Å². The molecule has 1 N–H and O–H groups in total. The number of carbonyl (C=O) groups is 1. The normalized spacial score (nSPS) is 13.9. The van der Waals surface area contributed by atoms with Crippen LogP contribution in [0.3, 0.4) is 0 Å². The van der Waals surface area contributed by atoms with Gasteiger partial charge in [0, 0.05) is 24.3 Å². The highest BCUT2D eigenvalue weighted by Crippen LogP contribution is 2.33. The molecule has 2 aromatic carbocycles. The van der Waals surface area contributed by atoms with Crippen molar-refractivity contribution in [2.75, 3.05) is 17.3 Å². The Morgan fingerprint density at radius 2 is 1.94 bits per heavy atom. The Balaban J connectivity index is 1.61. The number of carbonyl (C=O) groups excluding carboxylic acids is 1. The second-order valence-electron chi connectivity index (χ2n) is 7.86. The predicted octanol–water partition coefficient (Wildman–Crippen LogP) is 5.51. The van der Waals surface area contributed by atoms with E-state index in [1.807, 2.05) is 11.6 Å². The Hall–Kier alpha value is -3.13. The third-order valence-electron chi connectivity index (χ3n) is 5.82. The Labute approximate surface area is 191 Å². The van der Waals surface area contributed by atoms with Crippen LogP contribution in [-0.4, -0.2) is 27.9 Å². The molecule has 32 heavy (non-hydrogen) atoms. The number of halogens is 2. The highest BCUT2D eigenvalue weighted by molar-refractivity contribution is 6.31. The maximum absolute atomic E-state index is 13.5. The van der Waals surface area contributed by atoms with Gasteiger partial charge < -0.3 is 14.6 Å². The summed E-state index contributed by atoms with van der Waals surface area (Å²) in [6.07, 6.45) is 4.63. The number of urea groups is 1. The average Bonchev–Trinajstić information content (AvgIpc) is 3.44. The van der Waals surface area contributed by atoms with Crippen molar-refractivity contribution in [1.82, 2.24) is 14.8 Å². The van der Waals surface area contributed by atoms with Gasteiger partial charge in [0.05, 0.1) is 18.7 Å². The minimum absolute atomic E-state index is 0.0618. The highest BCUT2D eigenvalue weighted by Gasteiger charge is 2.25. The number of anilines is 2. The number of rotatable bonds is 6. The molecule has 1 heterocycles. The van der Waals surface area contributed by atoms with E-state index in [4.69, 9.17) is 16.3 Å². The average molecular weight is 458 g/mol. The summed E-state index contributed by atoms with van der Waals surface area (Å²) in [5.74, 6) is 2.18. The van der Waals surface area contributed by atoms with Crippen LogP contribution in [0, 0.1) is 5.82 Å². The molecule has 7 nitrogen and oxygen atoms in total. The zero-order chi connectivity index (χ0) is 22.7. The summed E-state index contributed by atoms with van der Waals surface area (Å²) in [4.78, 5) is 14.8. The molecule has 0 saturated heterocycles. The van der Waals surface area contributed by atoms with E-state index in [0.29, 0.717) is 28.9 Å². The molecule has 1 aliphatic rings. The third kappa shape index (κ3) is 4.70. The van der Waals surface area contributed by atoms with Crippen molar-refractivity contribution in [1.29, 1.82) is 0 Å². The van der Waals surface area contributed by atoms with Crippen LogP contribution < -0.4 is 15.0 Å². The van der Waals surface area contributed by atoms with Gasteiger partial charge >= 0.3 is 6.03 Å². The number of methoxy groups -OCH3 is 1. The van der Waals surface area contributed by atoms with Crippen molar-refractivity contribution in [2.45, 2.75) is 38.1 Å². The lowest BCUT2D eigenvalue weighted by atomic mass is 10.1. The van der Waals surface area contributed by atoms with Crippen molar-refractivity contribution in [3.05, 3.63) is 65.0 Å². The molecule has 168 valence electrons. The topological polar surface area (TPSA) is 72.3 Å². The van der Waals surface area contributed by atoms with Gasteiger partial charge in [-0.1, -0.05) is 24.4 Å². The number of hydrogen-bond donors (Lipinski definition) is 1. The summed E-state index contributed by atoms with van der Waals surface area (Å²) in [6.45, 7) is 0.212. The van der Waals surface area contributed by atoms with Gasteiger partial charge in [0.25, 0.3) is 0 Å². The predicted molar refractivity (Wildman–Crippen MR) is 122 cm³/mol. The first-order valence-corrected chi connectivity index (χ1v) is 10.9. The molecular weight excluding hydrogens is 433 g/mol. The molecule has 1 aromatic heterocycles. The molecule has 4 rings (SSSR count).